The largest absolute Gasteiger partial charge is 0.354 e. The maximum absolute atomic E-state index is 4.75. The summed E-state index contributed by atoms with van der Waals surface area (Å²) in [5, 5.41) is 11.6. The van der Waals surface area contributed by atoms with Gasteiger partial charge in [-0.2, -0.15) is 0 Å². The molecule has 2 rings (SSSR count). The van der Waals surface area contributed by atoms with Gasteiger partial charge in [0.15, 0.2) is 5.96 Å². The number of rotatable bonds is 7. The molecule has 2 heterocycles. The van der Waals surface area contributed by atoms with E-state index in [4.69, 9.17) is 4.99 Å². The summed E-state index contributed by atoms with van der Waals surface area (Å²) in [5.41, 5.74) is 0. The Morgan fingerprint density at radius 3 is 2.77 bits per heavy atom. The molecule has 0 bridgehead atoms. The van der Waals surface area contributed by atoms with Crippen molar-refractivity contribution in [1.82, 2.24) is 25.0 Å². The molecule has 7 heteroatoms. The summed E-state index contributed by atoms with van der Waals surface area (Å²) in [6, 6.07) is 0. The third kappa shape index (κ3) is 5.73. The van der Waals surface area contributed by atoms with Gasteiger partial charge >= 0.3 is 0 Å². The molecule has 1 fully saturated rings. The monoisotopic (exact) mass is 420 g/mol. The van der Waals surface area contributed by atoms with Gasteiger partial charge in [0, 0.05) is 39.1 Å². The molecule has 0 aromatic carbocycles. The van der Waals surface area contributed by atoms with E-state index in [1.54, 1.807) is 0 Å². The second-order valence-corrected chi connectivity index (χ2v) is 5.47. The minimum Gasteiger partial charge on any atom is -0.354 e. The predicted octanol–water partition coefficient (Wildman–Crippen LogP) is 2.30. The summed E-state index contributed by atoms with van der Waals surface area (Å²) in [6.07, 6.45) is 7.63. The maximum Gasteiger partial charge on any atom is 0.193 e. The molecular formula is C15H29IN6. The van der Waals surface area contributed by atoms with Crippen LogP contribution in [0.3, 0.4) is 0 Å². The van der Waals surface area contributed by atoms with E-state index in [9.17, 15) is 0 Å². The number of likely N-dealkylation sites (tertiary alicyclic amines) is 1. The predicted molar refractivity (Wildman–Crippen MR) is 101 cm³/mol. The van der Waals surface area contributed by atoms with Crippen LogP contribution in [0.5, 0.6) is 0 Å². The molecule has 1 aromatic rings. The van der Waals surface area contributed by atoms with Crippen LogP contribution in [-0.4, -0.2) is 51.8 Å². The Kier molecular flexibility index (Phi) is 9.42. The number of hydrogen-bond acceptors (Lipinski definition) is 3. The Bertz CT molecular complexity index is 439. The normalized spacial score (nSPS) is 15.0. The second kappa shape index (κ2) is 10.8. The average Bonchev–Trinajstić information content (AvgIpc) is 3.17. The first kappa shape index (κ1) is 19.2. The van der Waals surface area contributed by atoms with Crippen molar-refractivity contribution in [3.8, 4) is 0 Å². The summed E-state index contributed by atoms with van der Waals surface area (Å²) >= 11 is 0. The van der Waals surface area contributed by atoms with Gasteiger partial charge in [-0.15, -0.1) is 34.2 Å². The van der Waals surface area contributed by atoms with Gasteiger partial charge in [-0.1, -0.05) is 20.3 Å². The van der Waals surface area contributed by atoms with Crippen LogP contribution >= 0.6 is 24.0 Å². The van der Waals surface area contributed by atoms with Gasteiger partial charge in [-0.3, -0.25) is 4.99 Å². The standard InChI is InChI=1S/C15H28N6.HI/c1-3-5-8-16-15(20-10-6-7-11-20)17-9-12-21-13-18-19-14(21)4-2;/h13H,3-12H2,1-2H3,(H,16,17);1H. The maximum atomic E-state index is 4.75. The minimum atomic E-state index is 0. The van der Waals surface area contributed by atoms with Crippen molar-refractivity contribution >= 4 is 29.9 Å². The number of aromatic nitrogens is 3. The van der Waals surface area contributed by atoms with Crippen molar-refractivity contribution in [2.75, 3.05) is 26.2 Å². The highest BCUT2D eigenvalue weighted by molar-refractivity contribution is 14.0. The molecule has 1 N–H and O–H groups in total. The van der Waals surface area contributed by atoms with Gasteiger partial charge in [-0.25, -0.2) is 0 Å². The zero-order chi connectivity index (χ0) is 14.9. The fourth-order valence-corrected chi connectivity index (χ4v) is 2.57. The van der Waals surface area contributed by atoms with Crippen molar-refractivity contribution in [3.05, 3.63) is 12.2 Å². The first-order valence-corrected chi connectivity index (χ1v) is 8.25. The quantitative estimate of drug-likeness (QED) is 0.318. The zero-order valence-electron chi connectivity index (χ0n) is 13.8. The SMILES string of the molecule is CCCCN=C(NCCn1cnnc1CC)N1CCCC1.I. The van der Waals surface area contributed by atoms with Gasteiger partial charge in [0.1, 0.15) is 12.2 Å². The molecule has 1 aliphatic heterocycles. The number of nitrogens with zero attached hydrogens (tertiary/aromatic N) is 5. The molecule has 126 valence electrons. The Morgan fingerprint density at radius 1 is 1.32 bits per heavy atom. The molecule has 0 radical (unpaired) electrons. The topological polar surface area (TPSA) is 58.3 Å². The lowest BCUT2D eigenvalue weighted by Gasteiger charge is -2.21. The lowest BCUT2D eigenvalue weighted by atomic mass is 10.3. The fraction of sp³-hybridized carbons (Fsp3) is 0.800. The molecule has 22 heavy (non-hydrogen) atoms. The molecule has 0 atom stereocenters. The summed E-state index contributed by atoms with van der Waals surface area (Å²) in [5.74, 6) is 2.12. The Morgan fingerprint density at radius 2 is 2.09 bits per heavy atom. The van der Waals surface area contributed by atoms with E-state index in [-0.39, 0.29) is 24.0 Å². The van der Waals surface area contributed by atoms with Gasteiger partial charge in [0.05, 0.1) is 0 Å². The Hall–Kier alpha value is -0.860. The van der Waals surface area contributed by atoms with E-state index in [1.165, 1.54) is 19.3 Å². The minimum absolute atomic E-state index is 0. The van der Waals surface area contributed by atoms with Crippen LogP contribution < -0.4 is 5.32 Å². The van der Waals surface area contributed by atoms with Crippen molar-refractivity contribution in [2.24, 2.45) is 4.99 Å². The third-order valence-electron chi connectivity index (χ3n) is 3.83. The number of aryl methyl sites for hydroxylation is 1. The van der Waals surface area contributed by atoms with Crippen molar-refractivity contribution in [1.29, 1.82) is 0 Å². The Balaban J connectivity index is 0.00000242. The van der Waals surface area contributed by atoms with E-state index >= 15 is 0 Å². The molecule has 0 aliphatic carbocycles. The van der Waals surface area contributed by atoms with Crippen LogP contribution in [0.4, 0.5) is 0 Å². The summed E-state index contributed by atoms with van der Waals surface area (Å²) in [7, 11) is 0. The number of nitrogens with one attached hydrogen (secondary N) is 1. The highest BCUT2D eigenvalue weighted by Crippen LogP contribution is 2.07. The summed E-state index contributed by atoms with van der Waals surface area (Å²) in [4.78, 5) is 7.13. The van der Waals surface area contributed by atoms with E-state index in [1.807, 2.05) is 6.33 Å². The number of guanidine groups is 1. The van der Waals surface area contributed by atoms with Crippen molar-refractivity contribution < 1.29 is 0 Å². The summed E-state index contributed by atoms with van der Waals surface area (Å²) < 4.78 is 2.11. The van der Waals surface area contributed by atoms with Crippen LogP contribution in [0.1, 0.15) is 45.4 Å². The molecule has 1 aliphatic rings. The van der Waals surface area contributed by atoms with E-state index in [2.05, 4.69) is 38.8 Å². The highest BCUT2D eigenvalue weighted by atomic mass is 127. The number of halogens is 1. The molecule has 6 nitrogen and oxygen atoms in total. The highest BCUT2D eigenvalue weighted by Gasteiger charge is 2.15. The molecule has 0 spiro atoms. The zero-order valence-corrected chi connectivity index (χ0v) is 16.1. The van der Waals surface area contributed by atoms with Crippen LogP contribution in [-0.2, 0) is 13.0 Å². The number of unbranched alkanes of at least 4 members (excludes halogenated alkanes) is 1. The molecular weight excluding hydrogens is 391 g/mol. The van der Waals surface area contributed by atoms with Crippen LogP contribution in [0.25, 0.3) is 0 Å². The lowest BCUT2D eigenvalue weighted by Crippen LogP contribution is -2.41. The molecule has 0 saturated carbocycles. The van der Waals surface area contributed by atoms with Crippen LogP contribution in [0, 0.1) is 0 Å². The van der Waals surface area contributed by atoms with Gasteiger partial charge in [0.2, 0.25) is 0 Å². The first-order valence-electron chi connectivity index (χ1n) is 8.25. The number of aliphatic imine (C=N–C) groups is 1. The summed E-state index contributed by atoms with van der Waals surface area (Å²) in [6.45, 7) is 9.24. The molecule has 1 saturated heterocycles. The van der Waals surface area contributed by atoms with Crippen LogP contribution in [0.15, 0.2) is 11.3 Å². The average molecular weight is 420 g/mol. The number of hydrogen-bond donors (Lipinski definition) is 1. The van der Waals surface area contributed by atoms with E-state index in [0.29, 0.717) is 0 Å². The molecule has 1 aromatic heterocycles. The van der Waals surface area contributed by atoms with E-state index in [0.717, 1.165) is 57.3 Å². The first-order chi connectivity index (χ1) is 10.3. The lowest BCUT2D eigenvalue weighted by molar-refractivity contribution is 0.485. The van der Waals surface area contributed by atoms with Crippen LogP contribution in [0.2, 0.25) is 0 Å². The van der Waals surface area contributed by atoms with Crippen molar-refractivity contribution in [2.45, 2.75) is 52.5 Å². The van der Waals surface area contributed by atoms with Gasteiger partial charge < -0.3 is 14.8 Å². The van der Waals surface area contributed by atoms with Gasteiger partial charge in [0.25, 0.3) is 0 Å². The van der Waals surface area contributed by atoms with Gasteiger partial charge in [-0.05, 0) is 19.3 Å². The third-order valence-corrected chi connectivity index (χ3v) is 3.83. The van der Waals surface area contributed by atoms with E-state index < -0.39 is 0 Å². The second-order valence-electron chi connectivity index (χ2n) is 5.47. The molecule has 0 amide bonds. The van der Waals surface area contributed by atoms with Crippen molar-refractivity contribution in [3.63, 3.8) is 0 Å². The fourth-order valence-electron chi connectivity index (χ4n) is 2.57. The smallest absolute Gasteiger partial charge is 0.193 e. The Labute approximate surface area is 150 Å². The molecule has 0 unspecified atom stereocenters.